The van der Waals surface area contributed by atoms with Crippen molar-refractivity contribution in [2.24, 2.45) is 11.7 Å². The molecule has 3 N–H and O–H groups in total. The van der Waals surface area contributed by atoms with Crippen LogP contribution in [0.15, 0.2) is 23.7 Å². The predicted molar refractivity (Wildman–Crippen MR) is 64.5 cm³/mol. The maximum atomic E-state index is 8.84. The minimum atomic E-state index is 0.475. The second-order valence-electron chi connectivity index (χ2n) is 4.15. The molecule has 88 valence electrons. The zero-order valence-electron chi connectivity index (χ0n) is 10.0. The topological polar surface area (TPSA) is 65.1 Å². The van der Waals surface area contributed by atoms with Gasteiger partial charge in [0.2, 0.25) is 0 Å². The van der Waals surface area contributed by atoms with Gasteiger partial charge in [0.25, 0.3) is 0 Å². The van der Waals surface area contributed by atoms with Gasteiger partial charge in [-0.3, -0.25) is 5.01 Å². The lowest BCUT2D eigenvalue weighted by Gasteiger charge is -2.26. The fraction of sp³-hybridized carbons (Fsp3) is 0.583. The summed E-state index contributed by atoms with van der Waals surface area (Å²) in [6.07, 6.45) is 8.24. The molecular formula is C12H20N4. The van der Waals surface area contributed by atoms with E-state index in [1.165, 1.54) is 12.8 Å². The van der Waals surface area contributed by atoms with E-state index in [1.807, 2.05) is 25.2 Å². The van der Waals surface area contributed by atoms with Gasteiger partial charge >= 0.3 is 0 Å². The number of hydrazine groups is 1. The molecule has 4 nitrogen and oxygen atoms in total. The number of rotatable bonds is 4. The Kier molecular flexibility index (Phi) is 4.87. The zero-order valence-corrected chi connectivity index (χ0v) is 10.0. The van der Waals surface area contributed by atoms with Crippen molar-refractivity contribution < 1.29 is 0 Å². The first-order valence-electron chi connectivity index (χ1n) is 5.69. The molecule has 1 aliphatic carbocycles. The molecule has 0 amide bonds. The van der Waals surface area contributed by atoms with E-state index in [4.69, 9.17) is 11.0 Å². The summed E-state index contributed by atoms with van der Waals surface area (Å²) in [5.74, 6) is 0.475. The summed E-state index contributed by atoms with van der Waals surface area (Å²) < 4.78 is 0. The highest BCUT2D eigenvalue weighted by atomic mass is 15.5. The number of hydrogen-bond acceptors (Lipinski definition) is 4. The normalized spacial score (nSPS) is 18.6. The van der Waals surface area contributed by atoms with Crippen LogP contribution < -0.4 is 11.2 Å². The maximum Gasteiger partial charge on any atom is 0.0931 e. The van der Waals surface area contributed by atoms with Crippen LogP contribution in [0.2, 0.25) is 0 Å². The summed E-state index contributed by atoms with van der Waals surface area (Å²) in [4.78, 5) is 0. The number of nitrogens with one attached hydrogen (secondary N) is 1. The van der Waals surface area contributed by atoms with Gasteiger partial charge in [-0.25, -0.2) is 5.43 Å². The molecule has 4 heteroatoms. The Balaban J connectivity index is 2.87. The standard InChI is InChI=1S/C12H20N4/c1-10(14)9-16(15-2)12(7-8-13)11-5-3-4-6-11/h7,9,11,15H,3-6,14H2,1-2H3/b10-9+,12-7-. The maximum absolute atomic E-state index is 8.84. The van der Waals surface area contributed by atoms with E-state index < -0.39 is 0 Å². The number of allylic oxidation sites excluding steroid dienone is 3. The van der Waals surface area contributed by atoms with Gasteiger partial charge in [0.1, 0.15) is 0 Å². The summed E-state index contributed by atoms with van der Waals surface area (Å²) in [6, 6.07) is 2.12. The highest BCUT2D eigenvalue weighted by Crippen LogP contribution is 2.32. The summed E-state index contributed by atoms with van der Waals surface area (Å²) in [5.41, 5.74) is 10.5. The van der Waals surface area contributed by atoms with Crippen LogP contribution in [0.4, 0.5) is 0 Å². The van der Waals surface area contributed by atoms with E-state index in [9.17, 15) is 0 Å². The summed E-state index contributed by atoms with van der Waals surface area (Å²) in [6.45, 7) is 1.84. The first-order valence-corrected chi connectivity index (χ1v) is 5.69. The molecule has 0 bridgehead atoms. The molecule has 0 radical (unpaired) electrons. The molecule has 1 aliphatic rings. The third-order valence-corrected chi connectivity index (χ3v) is 2.84. The number of nitriles is 1. The molecule has 0 saturated heterocycles. The second kappa shape index (κ2) is 6.19. The molecule has 1 rings (SSSR count). The van der Waals surface area contributed by atoms with Crippen molar-refractivity contribution in [1.82, 2.24) is 10.4 Å². The summed E-state index contributed by atoms with van der Waals surface area (Å²) in [7, 11) is 1.83. The van der Waals surface area contributed by atoms with Gasteiger partial charge in [0.05, 0.1) is 6.07 Å². The molecule has 0 aromatic heterocycles. The summed E-state index contributed by atoms with van der Waals surface area (Å²) >= 11 is 0. The minimum absolute atomic E-state index is 0.475. The van der Waals surface area contributed by atoms with Crippen LogP contribution in [-0.2, 0) is 0 Å². The lowest BCUT2D eigenvalue weighted by molar-refractivity contribution is 0.322. The second-order valence-corrected chi connectivity index (χ2v) is 4.15. The Morgan fingerprint density at radius 3 is 2.56 bits per heavy atom. The monoisotopic (exact) mass is 220 g/mol. The fourth-order valence-corrected chi connectivity index (χ4v) is 2.14. The van der Waals surface area contributed by atoms with E-state index in [-0.39, 0.29) is 0 Å². The average molecular weight is 220 g/mol. The van der Waals surface area contributed by atoms with Gasteiger partial charge in [-0.1, -0.05) is 12.8 Å². The quantitative estimate of drug-likeness (QED) is 0.560. The van der Waals surface area contributed by atoms with Gasteiger partial charge < -0.3 is 5.73 Å². The van der Waals surface area contributed by atoms with Crippen LogP contribution in [0.25, 0.3) is 0 Å². The highest BCUT2D eigenvalue weighted by Gasteiger charge is 2.22. The van der Waals surface area contributed by atoms with Crippen molar-refractivity contribution in [3.8, 4) is 6.07 Å². The van der Waals surface area contributed by atoms with E-state index in [0.717, 1.165) is 24.2 Å². The highest BCUT2D eigenvalue weighted by molar-refractivity contribution is 5.18. The number of hydrogen-bond donors (Lipinski definition) is 2. The van der Waals surface area contributed by atoms with Crippen molar-refractivity contribution in [1.29, 1.82) is 5.26 Å². The Morgan fingerprint density at radius 2 is 2.12 bits per heavy atom. The van der Waals surface area contributed by atoms with Crippen molar-refractivity contribution >= 4 is 0 Å². The van der Waals surface area contributed by atoms with Crippen molar-refractivity contribution in [2.75, 3.05) is 7.05 Å². The van der Waals surface area contributed by atoms with Crippen LogP contribution in [0, 0.1) is 17.2 Å². The van der Waals surface area contributed by atoms with Crippen LogP contribution in [0.5, 0.6) is 0 Å². The molecule has 0 atom stereocenters. The van der Waals surface area contributed by atoms with Gasteiger partial charge in [0, 0.05) is 36.6 Å². The molecule has 1 saturated carbocycles. The van der Waals surface area contributed by atoms with Crippen LogP contribution in [0.1, 0.15) is 32.6 Å². The lowest BCUT2D eigenvalue weighted by Crippen LogP contribution is -2.32. The molecule has 0 spiro atoms. The largest absolute Gasteiger partial charge is 0.401 e. The fourth-order valence-electron chi connectivity index (χ4n) is 2.14. The van der Waals surface area contributed by atoms with Gasteiger partial charge in [0.15, 0.2) is 0 Å². The molecular weight excluding hydrogens is 200 g/mol. The first-order chi connectivity index (χ1) is 7.69. The molecule has 0 aliphatic heterocycles. The van der Waals surface area contributed by atoms with Crippen LogP contribution in [0.3, 0.4) is 0 Å². The van der Waals surface area contributed by atoms with Crippen molar-refractivity contribution in [3.63, 3.8) is 0 Å². The van der Waals surface area contributed by atoms with Crippen molar-refractivity contribution in [3.05, 3.63) is 23.7 Å². The molecule has 0 unspecified atom stereocenters. The molecule has 0 heterocycles. The van der Waals surface area contributed by atoms with E-state index in [1.54, 1.807) is 6.08 Å². The van der Waals surface area contributed by atoms with Crippen LogP contribution >= 0.6 is 0 Å². The van der Waals surface area contributed by atoms with E-state index >= 15 is 0 Å². The van der Waals surface area contributed by atoms with E-state index in [0.29, 0.717) is 5.92 Å². The first kappa shape index (κ1) is 12.6. The van der Waals surface area contributed by atoms with E-state index in [2.05, 4.69) is 11.5 Å². The average Bonchev–Trinajstić information content (AvgIpc) is 2.76. The molecule has 0 aromatic rings. The van der Waals surface area contributed by atoms with Crippen LogP contribution in [-0.4, -0.2) is 12.1 Å². The van der Waals surface area contributed by atoms with Gasteiger partial charge in [-0.2, -0.15) is 5.26 Å². The molecule has 1 fully saturated rings. The summed E-state index contributed by atoms with van der Waals surface area (Å²) in [5, 5.41) is 10.7. The Labute approximate surface area is 97.4 Å². The Bertz CT molecular complexity index is 314. The Hall–Kier alpha value is -1.47. The Morgan fingerprint density at radius 1 is 1.50 bits per heavy atom. The van der Waals surface area contributed by atoms with Crippen molar-refractivity contribution in [2.45, 2.75) is 32.6 Å². The third kappa shape index (κ3) is 3.28. The third-order valence-electron chi connectivity index (χ3n) is 2.84. The SMILES string of the molecule is CNN(/C=C(\C)N)/C(=C\C#N)C1CCCC1. The number of nitrogens with two attached hydrogens (primary N) is 1. The van der Waals surface area contributed by atoms with Gasteiger partial charge in [-0.05, 0) is 19.8 Å². The molecule has 0 aromatic carbocycles. The number of nitrogens with zero attached hydrogens (tertiary/aromatic N) is 2. The van der Waals surface area contributed by atoms with Gasteiger partial charge in [-0.15, -0.1) is 0 Å². The predicted octanol–water partition coefficient (Wildman–Crippen LogP) is 1.84. The minimum Gasteiger partial charge on any atom is -0.401 e. The smallest absolute Gasteiger partial charge is 0.0931 e. The zero-order chi connectivity index (χ0) is 12.0. The lowest BCUT2D eigenvalue weighted by atomic mass is 10.0. The molecule has 16 heavy (non-hydrogen) atoms.